The molecule has 2 aliphatic heterocycles. The molecular weight excluding hydrogens is 258 g/mol. The molecule has 0 aromatic heterocycles. The summed E-state index contributed by atoms with van der Waals surface area (Å²) in [6.45, 7) is 14.6. The summed E-state index contributed by atoms with van der Waals surface area (Å²) in [7, 11) is 0. The van der Waals surface area contributed by atoms with Crippen molar-refractivity contribution >= 4 is 0 Å². The molecule has 0 aromatic carbocycles. The van der Waals surface area contributed by atoms with Crippen LogP contribution in [0.4, 0.5) is 0 Å². The van der Waals surface area contributed by atoms with Gasteiger partial charge in [-0.2, -0.15) is 0 Å². The van der Waals surface area contributed by atoms with Crippen LogP contribution in [0.15, 0.2) is 0 Å². The largest absolute Gasteiger partial charge is 0.308 e. The molecule has 3 nitrogen and oxygen atoms in total. The molecule has 1 unspecified atom stereocenters. The third-order valence-corrected chi connectivity index (χ3v) is 6.27. The molecule has 0 amide bonds. The Morgan fingerprint density at radius 1 is 0.857 bits per heavy atom. The predicted octanol–water partition coefficient (Wildman–Crippen LogP) is 2.71. The smallest absolute Gasteiger partial charge is 0.0226 e. The van der Waals surface area contributed by atoms with Crippen molar-refractivity contribution in [2.75, 3.05) is 26.2 Å². The van der Waals surface area contributed by atoms with Gasteiger partial charge in [-0.15, -0.1) is 0 Å². The highest BCUT2D eigenvalue weighted by Crippen LogP contribution is 2.47. The van der Waals surface area contributed by atoms with Crippen molar-refractivity contribution in [3.8, 4) is 0 Å². The Morgan fingerprint density at radius 3 is 1.90 bits per heavy atom. The topological polar surface area (TPSA) is 18.5 Å². The van der Waals surface area contributed by atoms with E-state index in [9.17, 15) is 0 Å². The lowest BCUT2D eigenvalue weighted by Crippen LogP contribution is -2.51. The Hall–Kier alpha value is -0.120. The number of nitrogens with zero attached hydrogens (tertiary/aromatic N) is 2. The first-order valence-corrected chi connectivity index (χ1v) is 9.26. The van der Waals surface area contributed by atoms with E-state index in [1.807, 2.05) is 0 Å². The van der Waals surface area contributed by atoms with E-state index in [2.05, 4.69) is 42.8 Å². The Balaban J connectivity index is 1.49. The zero-order valence-electron chi connectivity index (χ0n) is 14.6. The minimum absolute atomic E-state index is 0.522. The van der Waals surface area contributed by atoms with Gasteiger partial charge >= 0.3 is 0 Å². The van der Waals surface area contributed by atoms with Gasteiger partial charge in [-0.05, 0) is 85.4 Å². The van der Waals surface area contributed by atoms with Crippen molar-refractivity contribution in [3.05, 3.63) is 0 Å². The molecular formula is C18H35N3. The van der Waals surface area contributed by atoms with Gasteiger partial charge in [0, 0.05) is 30.2 Å². The normalized spacial score (nSPS) is 31.4. The summed E-state index contributed by atoms with van der Waals surface area (Å²) < 4.78 is 0. The average Bonchev–Trinajstić information content (AvgIpc) is 3.04. The van der Waals surface area contributed by atoms with Crippen LogP contribution in [0.25, 0.3) is 0 Å². The molecule has 0 aromatic rings. The standard InChI is InChI=1S/C18H35N3/c1-14(2)20-11-6-17(7-12-20)19-18(8-9-18)16-5-10-21(13-16)15(3)4/h14-17,19H,5-13H2,1-4H3. The molecule has 1 N–H and O–H groups in total. The van der Waals surface area contributed by atoms with E-state index in [4.69, 9.17) is 0 Å². The van der Waals surface area contributed by atoms with Crippen LogP contribution in [0, 0.1) is 5.92 Å². The van der Waals surface area contributed by atoms with Crippen LogP contribution in [0.2, 0.25) is 0 Å². The quantitative estimate of drug-likeness (QED) is 0.841. The Kier molecular flexibility index (Phi) is 4.63. The molecule has 1 aliphatic carbocycles. The lowest BCUT2D eigenvalue weighted by Gasteiger charge is -2.38. The van der Waals surface area contributed by atoms with Gasteiger partial charge in [-0.1, -0.05) is 0 Å². The van der Waals surface area contributed by atoms with E-state index in [0.717, 1.165) is 24.0 Å². The number of hydrogen-bond acceptors (Lipinski definition) is 3. The van der Waals surface area contributed by atoms with Gasteiger partial charge in [0.1, 0.15) is 0 Å². The fraction of sp³-hybridized carbons (Fsp3) is 1.00. The minimum atomic E-state index is 0.522. The van der Waals surface area contributed by atoms with Gasteiger partial charge in [0.2, 0.25) is 0 Å². The molecule has 3 heteroatoms. The number of likely N-dealkylation sites (tertiary alicyclic amines) is 2. The Morgan fingerprint density at radius 2 is 1.43 bits per heavy atom. The van der Waals surface area contributed by atoms with Gasteiger partial charge in [0.05, 0.1) is 0 Å². The summed E-state index contributed by atoms with van der Waals surface area (Å²) in [4.78, 5) is 5.31. The monoisotopic (exact) mass is 293 g/mol. The maximum Gasteiger partial charge on any atom is 0.0226 e. The first kappa shape index (κ1) is 15.8. The molecule has 3 fully saturated rings. The summed E-state index contributed by atoms with van der Waals surface area (Å²) in [6.07, 6.45) is 6.96. The van der Waals surface area contributed by atoms with Crippen LogP contribution >= 0.6 is 0 Å². The molecule has 2 saturated heterocycles. The molecule has 0 radical (unpaired) electrons. The predicted molar refractivity (Wildman–Crippen MR) is 89.6 cm³/mol. The maximum absolute atomic E-state index is 4.11. The number of rotatable bonds is 5. The van der Waals surface area contributed by atoms with E-state index in [1.165, 1.54) is 58.3 Å². The Bertz CT molecular complexity index is 340. The number of nitrogens with one attached hydrogen (secondary N) is 1. The second-order valence-corrected chi connectivity index (χ2v) is 8.28. The van der Waals surface area contributed by atoms with Crippen LogP contribution in [0.5, 0.6) is 0 Å². The third-order valence-electron chi connectivity index (χ3n) is 6.27. The van der Waals surface area contributed by atoms with Crippen LogP contribution in [-0.4, -0.2) is 59.6 Å². The van der Waals surface area contributed by atoms with Crippen LogP contribution < -0.4 is 5.32 Å². The van der Waals surface area contributed by atoms with Gasteiger partial charge in [-0.3, -0.25) is 0 Å². The zero-order valence-corrected chi connectivity index (χ0v) is 14.6. The van der Waals surface area contributed by atoms with Gasteiger partial charge in [0.15, 0.2) is 0 Å². The van der Waals surface area contributed by atoms with Crippen LogP contribution in [0.3, 0.4) is 0 Å². The molecule has 21 heavy (non-hydrogen) atoms. The van der Waals surface area contributed by atoms with E-state index in [1.54, 1.807) is 0 Å². The summed E-state index contributed by atoms with van der Waals surface area (Å²) in [5, 5.41) is 4.11. The zero-order chi connectivity index (χ0) is 15.0. The SMILES string of the molecule is CC(C)N1CCC(NC2(C3CCN(C(C)C)C3)CC2)CC1. The lowest BCUT2D eigenvalue weighted by atomic mass is 9.93. The van der Waals surface area contributed by atoms with Crippen LogP contribution in [0.1, 0.15) is 59.8 Å². The molecule has 3 rings (SSSR count). The third kappa shape index (κ3) is 3.46. The van der Waals surface area contributed by atoms with E-state index >= 15 is 0 Å². The number of hydrogen-bond donors (Lipinski definition) is 1. The van der Waals surface area contributed by atoms with Gasteiger partial charge < -0.3 is 15.1 Å². The van der Waals surface area contributed by atoms with E-state index < -0.39 is 0 Å². The highest BCUT2D eigenvalue weighted by atomic mass is 15.2. The number of piperidine rings is 1. The first-order valence-electron chi connectivity index (χ1n) is 9.26. The fourth-order valence-electron chi connectivity index (χ4n) is 4.48. The fourth-order valence-corrected chi connectivity index (χ4v) is 4.48. The molecule has 1 atom stereocenters. The van der Waals surface area contributed by atoms with Crippen molar-refractivity contribution in [2.45, 2.75) is 83.5 Å². The summed E-state index contributed by atoms with van der Waals surface area (Å²) >= 11 is 0. The van der Waals surface area contributed by atoms with Crippen molar-refractivity contribution < 1.29 is 0 Å². The second kappa shape index (κ2) is 6.17. The summed E-state index contributed by atoms with van der Waals surface area (Å²) in [5.41, 5.74) is 0.522. The highest BCUT2D eigenvalue weighted by Gasteiger charge is 2.52. The molecule has 3 aliphatic rings. The molecule has 0 bridgehead atoms. The first-order chi connectivity index (χ1) is 10.00. The van der Waals surface area contributed by atoms with E-state index in [0.29, 0.717) is 5.54 Å². The molecule has 1 saturated carbocycles. The minimum Gasteiger partial charge on any atom is -0.308 e. The maximum atomic E-state index is 4.11. The Labute approximate surface area is 131 Å². The van der Waals surface area contributed by atoms with Crippen molar-refractivity contribution in [1.29, 1.82) is 0 Å². The van der Waals surface area contributed by atoms with Crippen LogP contribution in [-0.2, 0) is 0 Å². The summed E-state index contributed by atoms with van der Waals surface area (Å²) in [5.74, 6) is 0.906. The van der Waals surface area contributed by atoms with Gasteiger partial charge in [0.25, 0.3) is 0 Å². The molecule has 122 valence electrons. The molecule has 0 spiro atoms. The lowest BCUT2D eigenvalue weighted by molar-refractivity contribution is 0.146. The molecule has 2 heterocycles. The van der Waals surface area contributed by atoms with Gasteiger partial charge in [-0.25, -0.2) is 0 Å². The van der Waals surface area contributed by atoms with Crippen molar-refractivity contribution in [2.24, 2.45) is 5.92 Å². The average molecular weight is 293 g/mol. The van der Waals surface area contributed by atoms with Crippen molar-refractivity contribution in [1.82, 2.24) is 15.1 Å². The summed E-state index contributed by atoms with van der Waals surface area (Å²) in [6, 6.07) is 2.21. The van der Waals surface area contributed by atoms with E-state index in [-0.39, 0.29) is 0 Å². The highest BCUT2D eigenvalue weighted by molar-refractivity contribution is 5.10. The second-order valence-electron chi connectivity index (χ2n) is 8.28. The van der Waals surface area contributed by atoms with Crippen molar-refractivity contribution in [3.63, 3.8) is 0 Å².